The summed E-state index contributed by atoms with van der Waals surface area (Å²) in [4.78, 5) is 0. The SMILES string of the molecule is BCCC1CCCC(C)CCC1. The Kier molecular flexibility index (Phi) is 4.79. The van der Waals surface area contributed by atoms with Crippen molar-refractivity contribution < 1.29 is 0 Å². The van der Waals surface area contributed by atoms with Gasteiger partial charge in [-0.3, -0.25) is 0 Å². The van der Waals surface area contributed by atoms with Gasteiger partial charge in [0.25, 0.3) is 0 Å². The van der Waals surface area contributed by atoms with Gasteiger partial charge in [-0.15, -0.1) is 0 Å². The summed E-state index contributed by atoms with van der Waals surface area (Å²) in [5, 5.41) is 0. The molecule has 1 heteroatoms. The van der Waals surface area contributed by atoms with Crippen LogP contribution in [-0.2, 0) is 0 Å². The minimum absolute atomic E-state index is 1.01. The van der Waals surface area contributed by atoms with Crippen molar-refractivity contribution in [2.75, 3.05) is 0 Å². The summed E-state index contributed by atoms with van der Waals surface area (Å²) < 4.78 is 0. The van der Waals surface area contributed by atoms with E-state index in [9.17, 15) is 0 Å². The predicted octanol–water partition coefficient (Wildman–Crippen LogP) is 3.03. The molecule has 0 amide bonds. The molecule has 12 heavy (non-hydrogen) atoms. The lowest BCUT2D eigenvalue weighted by Crippen LogP contribution is -2.07. The zero-order chi connectivity index (χ0) is 8.81. The minimum atomic E-state index is 1.01. The van der Waals surface area contributed by atoms with Crippen molar-refractivity contribution in [2.45, 2.75) is 58.2 Å². The molecule has 1 fully saturated rings. The van der Waals surface area contributed by atoms with E-state index < -0.39 is 0 Å². The Bertz CT molecular complexity index is 102. The van der Waals surface area contributed by atoms with Gasteiger partial charge in [0, 0.05) is 0 Å². The molecule has 0 N–H and O–H groups in total. The average molecular weight is 166 g/mol. The van der Waals surface area contributed by atoms with Crippen molar-refractivity contribution >= 4 is 7.85 Å². The summed E-state index contributed by atoms with van der Waals surface area (Å²) in [5.41, 5.74) is 0. The van der Waals surface area contributed by atoms with E-state index in [4.69, 9.17) is 0 Å². The van der Waals surface area contributed by atoms with Crippen LogP contribution in [0, 0.1) is 11.8 Å². The van der Waals surface area contributed by atoms with Gasteiger partial charge >= 0.3 is 0 Å². The highest BCUT2D eigenvalue weighted by molar-refractivity contribution is 6.08. The molecule has 0 nitrogen and oxygen atoms in total. The summed E-state index contributed by atoms with van der Waals surface area (Å²) in [7, 11) is 2.32. The topological polar surface area (TPSA) is 0 Å². The molecular formula is C11H23B. The molecule has 0 aromatic carbocycles. The van der Waals surface area contributed by atoms with Crippen LogP contribution in [-0.4, -0.2) is 7.85 Å². The van der Waals surface area contributed by atoms with Crippen LogP contribution < -0.4 is 0 Å². The van der Waals surface area contributed by atoms with Crippen LogP contribution in [0.5, 0.6) is 0 Å². The van der Waals surface area contributed by atoms with Crippen LogP contribution in [0.4, 0.5) is 0 Å². The first-order chi connectivity index (χ1) is 5.83. The second-order valence-electron chi connectivity index (χ2n) is 4.62. The van der Waals surface area contributed by atoms with E-state index in [-0.39, 0.29) is 0 Å². The maximum Gasteiger partial charge on any atom is 0.101 e. The molecular weight excluding hydrogens is 143 g/mol. The monoisotopic (exact) mass is 166 g/mol. The van der Waals surface area contributed by atoms with Gasteiger partial charge in [-0.1, -0.05) is 58.2 Å². The first-order valence-electron chi connectivity index (χ1n) is 5.83. The van der Waals surface area contributed by atoms with Crippen LogP contribution in [0.3, 0.4) is 0 Å². The van der Waals surface area contributed by atoms with Crippen molar-refractivity contribution in [1.29, 1.82) is 0 Å². The first-order valence-corrected chi connectivity index (χ1v) is 5.83. The van der Waals surface area contributed by atoms with E-state index in [0.717, 1.165) is 11.8 Å². The molecule has 0 aromatic rings. The minimum Gasteiger partial charge on any atom is -0.0808 e. The lowest BCUT2D eigenvalue weighted by molar-refractivity contribution is 0.324. The van der Waals surface area contributed by atoms with Gasteiger partial charge in [-0.25, -0.2) is 0 Å². The molecule has 0 saturated heterocycles. The van der Waals surface area contributed by atoms with E-state index >= 15 is 0 Å². The van der Waals surface area contributed by atoms with E-state index in [1.54, 1.807) is 0 Å². The quantitative estimate of drug-likeness (QED) is 0.553. The Morgan fingerprint density at radius 1 is 1.08 bits per heavy atom. The fraction of sp³-hybridized carbons (Fsp3) is 1.00. The molecule has 0 radical (unpaired) electrons. The Balaban J connectivity index is 2.20. The second kappa shape index (κ2) is 5.67. The smallest absolute Gasteiger partial charge is 0.0808 e. The van der Waals surface area contributed by atoms with Gasteiger partial charge in [0.1, 0.15) is 7.85 Å². The molecule has 0 aliphatic heterocycles. The molecule has 1 aliphatic rings. The number of hydrogen-bond acceptors (Lipinski definition) is 0. The lowest BCUT2D eigenvalue weighted by atomic mass is 9.82. The summed E-state index contributed by atoms with van der Waals surface area (Å²) in [5.74, 6) is 2.08. The van der Waals surface area contributed by atoms with Crippen molar-refractivity contribution in [1.82, 2.24) is 0 Å². The maximum atomic E-state index is 2.42. The Morgan fingerprint density at radius 2 is 1.67 bits per heavy atom. The Hall–Kier alpha value is 0.0649. The van der Waals surface area contributed by atoms with Crippen LogP contribution in [0.1, 0.15) is 51.9 Å². The third-order valence-electron chi connectivity index (χ3n) is 3.32. The van der Waals surface area contributed by atoms with Crippen molar-refractivity contribution in [2.24, 2.45) is 11.8 Å². The predicted molar refractivity (Wildman–Crippen MR) is 58.3 cm³/mol. The molecule has 0 spiro atoms. The molecule has 1 rings (SSSR count). The molecule has 0 atom stereocenters. The third-order valence-corrected chi connectivity index (χ3v) is 3.32. The highest BCUT2D eigenvalue weighted by atomic mass is 14.2. The maximum absolute atomic E-state index is 2.42. The standard InChI is InChI=1S/C11H23B/c1-10-4-2-6-11(8-9-12)7-3-5-10/h10-11H,2-9,12H2,1H3. The normalized spacial score (nSPS) is 32.4. The molecule has 1 aliphatic carbocycles. The number of rotatable bonds is 2. The van der Waals surface area contributed by atoms with E-state index in [1.807, 2.05) is 0 Å². The van der Waals surface area contributed by atoms with Gasteiger partial charge in [-0.2, -0.15) is 0 Å². The zero-order valence-electron chi connectivity index (χ0n) is 8.81. The van der Waals surface area contributed by atoms with E-state index in [0.29, 0.717) is 0 Å². The highest BCUT2D eigenvalue weighted by Crippen LogP contribution is 2.27. The van der Waals surface area contributed by atoms with Crippen LogP contribution >= 0.6 is 0 Å². The fourth-order valence-electron chi connectivity index (χ4n) is 2.50. The van der Waals surface area contributed by atoms with E-state index in [2.05, 4.69) is 14.8 Å². The van der Waals surface area contributed by atoms with Gasteiger partial charge in [0.15, 0.2) is 0 Å². The zero-order valence-corrected chi connectivity index (χ0v) is 8.81. The van der Waals surface area contributed by atoms with Crippen LogP contribution in [0.15, 0.2) is 0 Å². The molecule has 0 bridgehead atoms. The highest BCUT2D eigenvalue weighted by Gasteiger charge is 2.12. The van der Waals surface area contributed by atoms with Crippen LogP contribution in [0.2, 0.25) is 6.32 Å². The molecule has 0 heterocycles. The lowest BCUT2D eigenvalue weighted by Gasteiger charge is -2.21. The summed E-state index contributed by atoms with van der Waals surface area (Å²) >= 11 is 0. The van der Waals surface area contributed by atoms with Gasteiger partial charge in [-0.05, 0) is 11.8 Å². The largest absolute Gasteiger partial charge is 0.101 e. The van der Waals surface area contributed by atoms with Gasteiger partial charge < -0.3 is 0 Å². The number of hydrogen-bond donors (Lipinski definition) is 0. The summed E-state index contributed by atoms with van der Waals surface area (Å²) in [6.07, 6.45) is 11.9. The molecule has 0 unspecified atom stereocenters. The van der Waals surface area contributed by atoms with Crippen molar-refractivity contribution in [3.05, 3.63) is 0 Å². The summed E-state index contributed by atoms with van der Waals surface area (Å²) in [6.45, 7) is 2.42. The molecule has 0 aromatic heterocycles. The fourth-order valence-corrected chi connectivity index (χ4v) is 2.50. The van der Waals surface area contributed by atoms with Crippen LogP contribution in [0.25, 0.3) is 0 Å². The third kappa shape index (κ3) is 3.64. The van der Waals surface area contributed by atoms with Gasteiger partial charge in [0.05, 0.1) is 0 Å². The van der Waals surface area contributed by atoms with Crippen molar-refractivity contribution in [3.63, 3.8) is 0 Å². The Morgan fingerprint density at radius 3 is 2.17 bits per heavy atom. The molecule has 1 saturated carbocycles. The Labute approximate surface area is 78.5 Å². The molecule has 70 valence electrons. The average Bonchev–Trinajstić information content (AvgIpc) is 2.00. The first kappa shape index (κ1) is 10.1. The summed E-state index contributed by atoms with van der Waals surface area (Å²) in [6, 6.07) is 0. The van der Waals surface area contributed by atoms with E-state index in [1.165, 1.54) is 51.3 Å². The second-order valence-corrected chi connectivity index (χ2v) is 4.62. The van der Waals surface area contributed by atoms with Gasteiger partial charge in [0.2, 0.25) is 0 Å². The van der Waals surface area contributed by atoms with Crippen molar-refractivity contribution in [3.8, 4) is 0 Å².